The van der Waals surface area contributed by atoms with Gasteiger partial charge in [0.05, 0.1) is 70.4 Å². The highest BCUT2D eigenvalue weighted by Crippen LogP contribution is 2.47. The van der Waals surface area contributed by atoms with Crippen molar-refractivity contribution in [3.05, 3.63) is 235 Å². The highest BCUT2D eigenvalue weighted by molar-refractivity contribution is 5.87. The summed E-state index contributed by atoms with van der Waals surface area (Å²) >= 11 is 0. The molecule has 46 nitrogen and oxygen atoms in total. The number of phenols is 4. The highest BCUT2D eigenvalue weighted by atomic mass is 16.7. The number of ether oxygens (including phenoxy) is 8. The molecule has 4 saturated heterocycles. The molecular formula is C104H120N16O30. The fraction of sp³-hybridized carbons (Fsp3) is 0.385. The van der Waals surface area contributed by atoms with Crippen molar-refractivity contribution in [2.24, 2.45) is 28.2 Å². The normalized spacial score (nSPS) is 24.0. The number of benzene rings is 8. The molecule has 22 N–H and O–H groups in total. The van der Waals surface area contributed by atoms with Gasteiger partial charge >= 0.3 is 22.8 Å². The van der Waals surface area contributed by atoms with Gasteiger partial charge in [-0.05, 0) is 181 Å². The zero-order valence-electron chi connectivity index (χ0n) is 83.8. The van der Waals surface area contributed by atoms with E-state index in [9.17, 15) is 111 Å². The van der Waals surface area contributed by atoms with Crippen molar-refractivity contribution >= 4 is 43.6 Å². The molecule has 0 bridgehead atoms. The summed E-state index contributed by atoms with van der Waals surface area (Å²) in [6, 6.07) is 41.9. The van der Waals surface area contributed by atoms with Gasteiger partial charge in [-0.15, -0.1) is 0 Å². The van der Waals surface area contributed by atoms with Crippen LogP contribution in [-0.4, -0.2) is 305 Å². The third-order valence-corrected chi connectivity index (χ3v) is 27.4. The monoisotopic (exact) mass is 2070 g/mol. The van der Waals surface area contributed by atoms with Crippen molar-refractivity contribution in [3.63, 3.8) is 0 Å². The molecule has 8 aromatic carbocycles. The summed E-state index contributed by atoms with van der Waals surface area (Å²) in [7, 11) is 7.72. The number of aromatic amines is 4. The Labute approximate surface area is 852 Å². The van der Waals surface area contributed by atoms with Crippen LogP contribution >= 0.6 is 0 Å². The molecule has 46 heteroatoms. The minimum Gasteiger partial charge on any atom is -0.508 e. The van der Waals surface area contributed by atoms with Crippen molar-refractivity contribution in [2.75, 3.05) is 13.2 Å². The Bertz CT molecular complexity index is 7870. The maximum Gasteiger partial charge on any atom is 0.348 e. The van der Waals surface area contributed by atoms with Crippen LogP contribution in [0.2, 0.25) is 0 Å². The van der Waals surface area contributed by atoms with E-state index in [1.807, 2.05) is 205 Å². The van der Waals surface area contributed by atoms with Crippen LogP contribution in [0, 0.1) is 0 Å². The van der Waals surface area contributed by atoms with Crippen LogP contribution in [0.3, 0.4) is 0 Å². The first-order chi connectivity index (χ1) is 71.3. The second-order valence-corrected chi connectivity index (χ2v) is 38.9. The fourth-order valence-electron chi connectivity index (χ4n) is 18.8. The standard InChI is InChI=1S/2C26H30N4O8.2C26H30N4O7/c1-12(2)15-9-16(18(32)10-19(15)37-25-23(35)22(34)21(33)20(11-31)38-25)24-27-28-26(36)30(24)14-4-5-17-13(8-14)6-7-29(17)3;1-12(2)15-9-16(19(10-18(15)32)37-25-23(35)22(34)21(33)20(11-31)38-25)24-27-28-26(36)30(24)14-4-5-17-13(8-14)6-7-29(17)3;1-12(2)16-10-17(19(31)11-20(16)37-25-23(34)22(33)21(32)13(3)36-25)24-27-28-26(35)30(24)15-5-6-18-14(9-15)7-8-29(18)4;1-12(2)16-10-17(20(11-19(16)31)37-25-23(34)22(33)21(32)13(3)36-25)24-27-28-26(35)30(24)15-5-6-18-14(9-15)7-8-29(18)4/h2*4-10,12,20-23,25,31-35H,11H2,1-3H3,(H,28,36);2*5-13,21-23,25,31-34H,1-4H3,(H,28,35)/t2*20-,21+,22+,23-,25-;2*13-,21+,22+,23-,25-/m1100/s1. The van der Waals surface area contributed by atoms with Crippen molar-refractivity contribution in [2.45, 2.75) is 216 Å². The number of aryl methyl sites for hydroxylation is 4. The second-order valence-electron chi connectivity index (χ2n) is 38.9. The van der Waals surface area contributed by atoms with E-state index >= 15 is 0 Å². The molecule has 796 valence electrons. The molecule has 0 radical (unpaired) electrons. The van der Waals surface area contributed by atoms with E-state index in [1.165, 1.54) is 42.5 Å². The number of H-pyrrole nitrogens is 4. The van der Waals surface area contributed by atoms with Gasteiger partial charge in [-0.1, -0.05) is 55.4 Å². The lowest BCUT2D eigenvalue weighted by molar-refractivity contribution is -0.277. The molecule has 4 fully saturated rings. The van der Waals surface area contributed by atoms with Crippen molar-refractivity contribution in [1.29, 1.82) is 0 Å². The zero-order chi connectivity index (χ0) is 108. The van der Waals surface area contributed by atoms with Crippen molar-refractivity contribution < 1.29 is 130 Å². The summed E-state index contributed by atoms with van der Waals surface area (Å²) in [6.45, 7) is 17.1. The Morgan fingerprint density at radius 3 is 0.800 bits per heavy atom. The molecular weight excluding hydrogens is 1950 g/mol. The lowest BCUT2D eigenvalue weighted by Gasteiger charge is -2.39. The average Bonchev–Trinajstić information content (AvgIpc) is 1.59. The number of aliphatic hydroxyl groups excluding tert-OH is 14. The maximum absolute atomic E-state index is 13.0. The summed E-state index contributed by atoms with van der Waals surface area (Å²) in [5, 5.41) is 216. The van der Waals surface area contributed by atoms with Crippen LogP contribution in [-0.2, 0) is 47.1 Å². The van der Waals surface area contributed by atoms with E-state index in [0.29, 0.717) is 61.7 Å². The third-order valence-electron chi connectivity index (χ3n) is 27.4. The lowest BCUT2D eigenvalue weighted by atomic mass is 9.97. The Morgan fingerprint density at radius 1 is 0.293 bits per heavy atom. The molecule has 0 unspecified atom stereocenters. The SMILES string of the molecule is CC(C)c1cc(-c2n[nH]c(=O)n2-c2ccc3c(ccn3C)c2)c(O)cc1O[C@@H]1O[C@@H](C)[C@@H](O)[C@@H](O)[C@@H]1O.CC(C)c1cc(-c2n[nH]c(=O)n2-c2ccc3c(ccn3C)c2)c(O)cc1O[C@@H]1O[C@H](CO)[C@H](O)[C@H](O)[C@H]1O.CC(C)c1cc(-c2n[nH]c(=O)n2-c2ccc3c(ccn3C)c2)c(O[C@@H]2O[C@@H](C)[C@@H](O)[C@@H](O)[C@@H]2O)cc1O.CC(C)c1cc(-c2n[nH]c(=O)n2-c2ccc3c(ccn3C)c2)c(O[C@@H]2O[C@H](CO)[C@H](O)[C@H](O)[C@H]2O)cc1O. The molecule has 16 aromatic rings. The first-order valence-corrected chi connectivity index (χ1v) is 48.4. The van der Waals surface area contributed by atoms with Crippen LogP contribution < -0.4 is 41.7 Å². The number of nitrogens with one attached hydrogen (secondary N) is 4. The van der Waals surface area contributed by atoms with Gasteiger partial charge in [0.15, 0.2) is 23.3 Å². The highest BCUT2D eigenvalue weighted by Gasteiger charge is 2.49. The first-order valence-electron chi connectivity index (χ1n) is 48.4. The van der Waals surface area contributed by atoms with E-state index in [1.54, 1.807) is 56.3 Å². The number of aliphatic hydroxyl groups is 14. The molecule has 20 rings (SSSR count). The Morgan fingerprint density at radius 2 is 0.533 bits per heavy atom. The van der Waals surface area contributed by atoms with Crippen LogP contribution in [0.1, 0.15) is 115 Å². The molecule has 0 spiro atoms. The minimum atomic E-state index is -1.67. The molecule has 8 aromatic heterocycles. The number of hydrogen-bond acceptors (Lipinski definition) is 34. The van der Waals surface area contributed by atoms with Crippen LogP contribution in [0.25, 0.3) is 112 Å². The van der Waals surface area contributed by atoms with E-state index < -0.39 is 159 Å². The zero-order valence-corrected chi connectivity index (χ0v) is 83.8. The van der Waals surface area contributed by atoms with Gasteiger partial charge in [-0.2, -0.15) is 20.4 Å². The average molecular weight is 2070 g/mol. The Balaban J connectivity index is 0.000000136. The molecule has 150 heavy (non-hydrogen) atoms. The number of fused-ring (bicyclic) bond motifs is 4. The molecule has 20 atom stereocenters. The van der Waals surface area contributed by atoms with Crippen LogP contribution in [0.5, 0.6) is 46.0 Å². The van der Waals surface area contributed by atoms with Gasteiger partial charge < -0.3 is 148 Å². The smallest absolute Gasteiger partial charge is 0.348 e. The summed E-state index contributed by atoms with van der Waals surface area (Å²) in [5.41, 5.74) is 7.91. The predicted octanol–water partition coefficient (Wildman–Crippen LogP) is 4.96. The summed E-state index contributed by atoms with van der Waals surface area (Å²) in [5.74, 6) is 0.217. The third kappa shape index (κ3) is 20.5. The molecule has 4 aliphatic heterocycles. The number of aromatic nitrogens is 16. The topological polar surface area (TPSA) is 660 Å². The van der Waals surface area contributed by atoms with E-state index in [2.05, 4.69) is 40.8 Å². The van der Waals surface area contributed by atoms with Gasteiger partial charge in [0.25, 0.3) is 0 Å². The summed E-state index contributed by atoms with van der Waals surface area (Å²) in [6.07, 6.45) is -20.0. The van der Waals surface area contributed by atoms with Gasteiger partial charge in [-0.25, -0.2) is 57.8 Å². The fourth-order valence-corrected chi connectivity index (χ4v) is 18.8. The van der Waals surface area contributed by atoms with E-state index in [0.717, 1.165) is 43.6 Å². The van der Waals surface area contributed by atoms with Crippen LogP contribution in [0.4, 0.5) is 0 Å². The van der Waals surface area contributed by atoms with Gasteiger partial charge in [0.2, 0.25) is 25.2 Å². The van der Waals surface area contributed by atoms with Gasteiger partial charge in [0.1, 0.15) is 131 Å². The molecule has 0 saturated carbocycles. The molecule has 0 aliphatic carbocycles. The number of nitrogens with zero attached hydrogens (tertiary/aromatic N) is 12. The summed E-state index contributed by atoms with van der Waals surface area (Å²) < 4.78 is 59.1. The second kappa shape index (κ2) is 43.1. The van der Waals surface area contributed by atoms with E-state index in [4.69, 9.17) is 37.9 Å². The van der Waals surface area contributed by atoms with Crippen LogP contribution in [0.15, 0.2) is 190 Å². The van der Waals surface area contributed by atoms with E-state index in [-0.39, 0.29) is 98.5 Å². The lowest BCUT2D eigenvalue weighted by Crippen LogP contribution is -2.60. The van der Waals surface area contributed by atoms with Gasteiger partial charge in [0, 0.05) is 121 Å². The number of hydrogen-bond donors (Lipinski definition) is 22. The van der Waals surface area contributed by atoms with Crippen molar-refractivity contribution in [1.82, 2.24) is 77.3 Å². The van der Waals surface area contributed by atoms with Gasteiger partial charge in [-0.3, -0.25) is 0 Å². The quantitative estimate of drug-likeness (QED) is 0.0426. The predicted molar refractivity (Wildman–Crippen MR) is 542 cm³/mol. The molecule has 0 amide bonds. The maximum atomic E-state index is 13.0. The molecule has 12 heterocycles. The Kier molecular flexibility index (Phi) is 30.7. The van der Waals surface area contributed by atoms with Crippen molar-refractivity contribution in [3.8, 4) is 114 Å². The number of rotatable bonds is 22. The largest absolute Gasteiger partial charge is 0.508 e. The first kappa shape index (κ1) is 107. The minimum absolute atomic E-state index is 0.00253. The number of aromatic hydroxyl groups is 4. The Hall–Kier alpha value is -14.6. The summed E-state index contributed by atoms with van der Waals surface area (Å²) in [4.78, 5) is 51.5. The number of phenolic OH excluding ortho intramolecular Hbond substituents is 4. The molecule has 4 aliphatic rings.